The van der Waals surface area contributed by atoms with Crippen molar-refractivity contribution < 1.29 is 4.79 Å². The van der Waals surface area contributed by atoms with Crippen LogP contribution >= 0.6 is 0 Å². The van der Waals surface area contributed by atoms with Gasteiger partial charge in [-0.05, 0) is 42.0 Å². The van der Waals surface area contributed by atoms with Crippen LogP contribution in [0.5, 0.6) is 0 Å². The summed E-state index contributed by atoms with van der Waals surface area (Å²) in [6.07, 6.45) is 3.44. The Labute approximate surface area is 145 Å². The van der Waals surface area contributed by atoms with Crippen LogP contribution in [0, 0.1) is 6.92 Å². The molecule has 0 radical (unpaired) electrons. The number of rotatable bonds is 4. The highest BCUT2D eigenvalue weighted by molar-refractivity contribution is 5.91. The van der Waals surface area contributed by atoms with Crippen LogP contribution in [0.1, 0.15) is 56.0 Å². The lowest BCUT2D eigenvalue weighted by Crippen LogP contribution is -2.24. The molecule has 1 N–H and O–H groups in total. The van der Waals surface area contributed by atoms with Crippen LogP contribution in [0.4, 0.5) is 0 Å². The fraction of sp³-hybridized carbons (Fsp3) is 0.318. The Hall–Kier alpha value is -2.35. The molecule has 2 nitrogen and oxygen atoms in total. The number of hydrogen-bond acceptors (Lipinski definition) is 1. The number of hydrogen-bond donors (Lipinski definition) is 1. The molecule has 0 aliphatic carbocycles. The number of nitrogens with one attached hydrogen (secondary N) is 1. The van der Waals surface area contributed by atoms with Crippen LogP contribution in [0.3, 0.4) is 0 Å². The molecule has 0 aliphatic rings. The molecule has 24 heavy (non-hydrogen) atoms. The Morgan fingerprint density at radius 2 is 1.58 bits per heavy atom. The third kappa shape index (κ3) is 5.09. The Morgan fingerprint density at radius 3 is 2.12 bits per heavy atom. The third-order valence-corrected chi connectivity index (χ3v) is 4.14. The lowest BCUT2D eigenvalue weighted by molar-refractivity contribution is -0.117. The van der Waals surface area contributed by atoms with E-state index < -0.39 is 0 Å². The highest BCUT2D eigenvalue weighted by atomic mass is 16.1. The lowest BCUT2D eigenvalue weighted by Gasteiger charge is -2.18. The highest BCUT2D eigenvalue weighted by Gasteiger charge is 2.12. The standard InChI is InChI=1S/C22H27NO/c1-16-6-11-19(12-7-16)17(2)23-21(24)15-10-18-8-13-20(14-9-18)22(3,4)5/h6-15,17H,1-5H3,(H,23,24)/b15-10+. The van der Waals surface area contributed by atoms with Crippen molar-refractivity contribution in [3.05, 3.63) is 76.9 Å². The SMILES string of the molecule is Cc1ccc(C(C)NC(=O)/C=C/c2ccc(C(C)(C)C)cc2)cc1. The number of carbonyl (C=O) groups is 1. The topological polar surface area (TPSA) is 29.1 Å². The largest absolute Gasteiger partial charge is 0.346 e. The van der Waals surface area contributed by atoms with Crippen LogP contribution in [-0.2, 0) is 10.2 Å². The third-order valence-electron chi connectivity index (χ3n) is 4.14. The summed E-state index contributed by atoms with van der Waals surface area (Å²) in [5, 5.41) is 3.00. The van der Waals surface area contributed by atoms with Gasteiger partial charge < -0.3 is 5.32 Å². The zero-order valence-corrected chi connectivity index (χ0v) is 15.3. The summed E-state index contributed by atoms with van der Waals surface area (Å²) in [6.45, 7) is 10.6. The normalized spacial score (nSPS) is 13.0. The molecule has 2 aromatic carbocycles. The Kier molecular flexibility index (Phi) is 5.61. The first kappa shape index (κ1) is 18.0. The van der Waals surface area contributed by atoms with E-state index in [2.05, 4.69) is 69.4 Å². The highest BCUT2D eigenvalue weighted by Crippen LogP contribution is 2.22. The van der Waals surface area contributed by atoms with Gasteiger partial charge >= 0.3 is 0 Å². The molecule has 0 spiro atoms. The molecule has 126 valence electrons. The van der Waals surface area contributed by atoms with Crippen molar-refractivity contribution >= 4 is 12.0 Å². The van der Waals surface area contributed by atoms with Gasteiger partial charge in [-0.25, -0.2) is 0 Å². The number of benzene rings is 2. The second kappa shape index (κ2) is 7.48. The predicted octanol–water partition coefficient (Wildman–Crippen LogP) is 5.18. The van der Waals surface area contributed by atoms with E-state index in [0.29, 0.717) is 0 Å². The molecule has 0 fully saturated rings. The Balaban J connectivity index is 1.96. The smallest absolute Gasteiger partial charge is 0.244 e. The molecular formula is C22H27NO. The summed E-state index contributed by atoms with van der Waals surface area (Å²) < 4.78 is 0. The summed E-state index contributed by atoms with van der Waals surface area (Å²) in [4.78, 5) is 12.1. The maximum absolute atomic E-state index is 12.1. The van der Waals surface area contributed by atoms with E-state index in [9.17, 15) is 4.79 Å². The molecular weight excluding hydrogens is 294 g/mol. The van der Waals surface area contributed by atoms with E-state index in [-0.39, 0.29) is 17.4 Å². The molecule has 2 heteroatoms. The molecule has 0 aromatic heterocycles. The van der Waals surface area contributed by atoms with Gasteiger partial charge in [0.15, 0.2) is 0 Å². The van der Waals surface area contributed by atoms with Crippen LogP contribution in [0.15, 0.2) is 54.6 Å². The van der Waals surface area contributed by atoms with E-state index in [0.717, 1.165) is 11.1 Å². The van der Waals surface area contributed by atoms with Gasteiger partial charge in [0.1, 0.15) is 0 Å². The summed E-state index contributed by atoms with van der Waals surface area (Å²) in [5.41, 5.74) is 4.79. The van der Waals surface area contributed by atoms with E-state index in [1.165, 1.54) is 11.1 Å². The summed E-state index contributed by atoms with van der Waals surface area (Å²) in [5.74, 6) is -0.0806. The second-order valence-electron chi connectivity index (χ2n) is 7.35. The number of amides is 1. The zero-order chi connectivity index (χ0) is 17.7. The molecule has 0 bridgehead atoms. The van der Waals surface area contributed by atoms with Gasteiger partial charge in [-0.15, -0.1) is 0 Å². The predicted molar refractivity (Wildman–Crippen MR) is 102 cm³/mol. The van der Waals surface area contributed by atoms with Crippen molar-refractivity contribution in [1.82, 2.24) is 5.32 Å². The van der Waals surface area contributed by atoms with Gasteiger partial charge in [-0.3, -0.25) is 4.79 Å². The van der Waals surface area contributed by atoms with E-state index >= 15 is 0 Å². The molecule has 2 aromatic rings. The minimum Gasteiger partial charge on any atom is -0.346 e. The average molecular weight is 321 g/mol. The van der Waals surface area contributed by atoms with Crippen molar-refractivity contribution in [2.45, 2.75) is 46.1 Å². The fourth-order valence-electron chi connectivity index (χ4n) is 2.47. The van der Waals surface area contributed by atoms with Crippen molar-refractivity contribution in [1.29, 1.82) is 0 Å². The van der Waals surface area contributed by atoms with Gasteiger partial charge in [0.25, 0.3) is 0 Å². The van der Waals surface area contributed by atoms with Gasteiger partial charge in [-0.1, -0.05) is 74.9 Å². The second-order valence-corrected chi connectivity index (χ2v) is 7.35. The molecule has 2 rings (SSSR count). The molecule has 0 aliphatic heterocycles. The summed E-state index contributed by atoms with van der Waals surface area (Å²) >= 11 is 0. The van der Waals surface area contributed by atoms with Gasteiger partial charge in [0.2, 0.25) is 5.91 Å². The van der Waals surface area contributed by atoms with Crippen LogP contribution in [0.25, 0.3) is 6.08 Å². The minimum absolute atomic E-state index is 0.00832. The summed E-state index contributed by atoms with van der Waals surface area (Å²) in [7, 11) is 0. The Bertz CT molecular complexity index is 703. The molecule has 0 saturated heterocycles. The first-order valence-corrected chi connectivity index (χ1v) is 8.41. The van der Waals surface area contributed by atoms with E-state index in [1.807, 2.05) is 25.1 Å². The van der Waals surface area contributed by atoms with Crippen LogP contribution in [0.2, 0.25) is 0 Å². The van der Waals surface area contributed by atoms with E-state index in [1.54, 1.807) is 6.08 Å². The molecule has 1 amide bonds. The molecule has 0 heterocycles. The first-order valence-electron chi connectivity index (χ1n) is 8.41. The van der Waals surface area contributed by atoms with Crippen LogP contribution in [-0.4, -0.2) is 5.91 Å². The van der Waals surface area contributed by atoms with Crippen molar-refractivity contribution in [2.75, 3.05) is 0 Å². The van der Waals surface area contributed by atoms with Crippen molar-refractivity contribution in [3.63, 3.8) is 0 Å². The first-order chi connectivity index (χ1) is 11.3. The Morgan fingerprint density at radius 1 is 1.00 bits per heavy atom. The van der Waals surface area contributed by atoms with Gasteiger partial charge in [-0.2, -0.15) is 0 Å². The van der Waals surface area contributed by atoms with Gasteiger partial charge in [0, 0.05) is 6.08 Å². The quantitative estimate of drug-likeness (QED) is 0.772. The monoisotopic (exact) mass is 321 g/mol. The van der Waals surface area contributed by atoms with E-state index in [4.69, 9.17) is 0 Å². The molecule has 1 atom stereocenters. The van der Waals surface area contributed by atoms with Crippen molar-refractivity contribution in [3.8, 4) is 0 Å². The average Bonchev–Trinajstić information content (AvgIpc) is 2.53. The fourth-order valence-corrected chi connectivity index (χ4v) is 2.47. The number of aryl methyl sites for hydroxylation is 1. The molecule has 1 unspecified atom stereocenters. The maximum Gasteiger partial charge on any atom is 0.244 e. The van der Waals surface area contributed by atoms with Crippen LogP contribution < -0.4 is 5.32 Å². The van der Waals surface area contributed by atoms with Gasteiger partial charge in [0.05, 0.1) is 6.04 Å². The minimum atomic E-state index is -0.0806. The summed E-state index contributed by atoms with van der Waals surface area (Å²) in [6, 6.07) is 16.5. The maximum atomic E-state index is 12.1. The number of carbonyl (C=O) groups excluding carboxylic acids is 1. The van der Waals surface area contributed by atoms with Crippen molar-refractivity contribution in [2.24, 2.45) is 0 Å². The molecule has 0 saturated carbocycles. The lowest BCUT2D eigenvalue weighted by atomic mass is 9.87. The zero-order valence-electron chi connectivity index (χ0n) is 15.3.